The van der Waals surface area contributed by atoms with Crippen molar-refractivity contribution in [2.75, 3.05) is 0 Å². The number of nitrogens with zero attached hydrogens (tertiary/aromatic N) is 12. The van der Waals surface area contributed by atoms with Crippen molar-refractivity contribution < 1.29 is 0 Å². The molecule has 1 atom stereocenters. The molecule has 12 aromatic carbocycles. The maximum Gasteiger partial charge on any atom is 0.177 e. The summed E-state index contributed by atoms with van der Waals surface area (Å²) in [6, 6.07) is 106. The first-order chi connectivity index (χ1) is 48.8. The molecule has 12 nitrogen and oxygen atoms in total. The van der Waals surface area contributed by atoms with E-state index in [2.05, 4.69) is 285 Å². The Hall–Kier alpha value is -14.0. The Morgan fingerprint density at radius 1 is 0.263 bits per heavy atom. The molecule has 0 aliphatic carbocycles. The lowest BCUT2D eigenvalue weighted by atomic mass is 9.89. The Balaban J connectivity index is 0.640. The van der Waals surface area contributed by atoms with Crippen LogP contribution < -0.4 is 0 Å². The van der Waals surface area contributed by atoms with Crippen molar-refractivity contribution >= 4 is 110 Å². The molecule has 12 heteroatoms. The molecule has 0 radical (unpaired) electrons. The molecule has 0 fully saturated rings. The maximum absolute atomic E-state index is 10.4. The van der Waals surface area contributed by atoms with Gasteiger partial charge >= 0.3 is 0 Å². The number of rotatable bonds is 9. The molecule has 460 valence electrons. The number of fused-ring (bicyclic) bond motifs is 12. The Kier molecular flexibility index (Phi) is 13.5. The van der Waals surface area contributed by atoms with E-state index in [0.29, 0.717) is 29.3 Å². The molecule has 99 heavy (non-hydrogen) atoms. The summed E-state index contributed by atoms with van der Waals surface area (Å²) < 4.78 is 9.12. The lowest BCUT2D eigenvalue weighted by Crippen LogP contribution is -2.23. The van der Waals surface area contributed by atoms with Crippen molar-refractivity contribution in [3.63, 3.8) is 0 Å². The van der Waals surface area contributed by atoms with Gasteiger partial charge in [-0.2, -0.15) is 21.0 Å². The van der Waals surface area contributed by atoms with Crippen molar-refractivity contribution in [1.29, 1.82) is 21.0 Å². The highest BCUT2D eigenvalue weighted by Crippen LogP contribution is 2.41. The van der Waals surface area contributed by atoms with Gasteiger partial charge < -0.3 is 18.3 Å². The van der Waals surface area contributed by atoms with E-state index in [1.54, 1.807) is 0 Å². The Morgan fingerprint density at radius 2 is 0.495 bits per heavy atom. The molecule has 0 amide bonds. The molecule has 0 saturated heterocycles. The standard InChI is InChI=1S/C87H52N12/c1-53-86(56-30-40-62(41-31-56)97-80-22-10-4-16-66(80)67-17-5-11-23-81(67)97)94-76(51-90)77(52-91)95-87(53)57-32-42-63(43-33-57)99-83-25-13-7-19-69(83)71-47-59(35-45-85(71)99)58-34-44-84-70(46-58)68-18-6-12-24-82(68)98(84)61-38-28-55(29-39-61)73-48-72(92-74(49-88)75(50-89)93-73)54-26-36-60(37-27-54)96-78-20-8-2-14-64(78)65-15-3-9-21-79(65)96/h2-47,53H,48H2,1H3. The predicted molar refractivity (Wildman–Crippen MR) is 399 cm³/mol. The zero-order valence-corrected chi connectivity index (χ0v) is 53.2. The molecular formula is C87H52N12. The van der Waals surface area contributed by atoms with Crippen LogP contribution in [0.25, 0.3) is 121 Å². The highest BCUT2D eigenvalue weighted by molar-refractivity contribution is 6.22. The fraction of sp³-hybridized carbons (Fsp3) is 0.0345. The van der Waals surface area contributed by atoms with Crippen LogP contribution in [0.4, 0.5) is 0 Å². The van der Waals surface area contributed by atoms with Gasteiger partial charge in [0.25, 0.3) is 0 Å². The number of para-hydroxylation sites is 6. The lowest BCUT2D eigenvalue weighted by Gasteiger charge is -2.18. The predicted octanol–water partition coefficient (Wildman–Crippen LogP) is 19.9. The van der Waals surface area contributed by atoms with Crippen LogP contribution >= 0.6 is 0 Å². The van der Waals surface area contributed by atoms with Crippen LogP contribution in [0.3, 0.4) is 0 Å². The third-order valence-electron chi connectivity index (χ3n) is 19.6. The van der Waals surface area contributed by atoms with Gasteiger partial charge in [-0.3, -0.25) is 0 Å². The van der Waals surface area contributed by atoms with E-state index in [9.17, 15) is 21.0 Å². The maximum atomic E-state index is 10.4. The van der Waals surface area contributed by atoms with Crippen LogP contribution in [-0.2, 0) is 0 Å². The molecule has 0 N–H and O–H groups in total. The van der Waals surface area contributed by atoms with Gasteiger partial charge in [0.2, 0.25) is 0 Å². The molecule has 0 saturated carbocycles. The van der Waals surface area contributed by atoms with E-state index >= 15 is 0 Å². The lowest BCUT2D eigenvalue weighted by molar-refractivity contribution is 1.05. The van der Waals surface area contributed by atoms with E-state index in [1.807, 2.05) is 43.3 Å². The quantitative estimate of drug-likeness (QED) is 0.140. The zero-order chi connectivity index (χ0) is 66.4. The van der Waals surface area contributed by atoms with Gasteiger partial charge in [0, 0.05) is 78.2 Å². The second kappa shape index (κ2) is 23.2. The van der Waals surface area contributed by atoms with Crippen LogP contribution in [0.5, 0.6) is 0 Å². The van der Waals surface area contributed by atoms with Crippen LogP contribution in [-0.4, -0.2) is 41.1 Å². The van der Waals surface area contributed by atoms with Crippen LogP contribution in [0.15, 0.2) is 322 Å². The van der Waals surface area contributed by atoms with Crippen molar-refractivity contribution in [3.05, 3.63) is 324 Å². The van der Waals surface area contributed by atoms with Gasteiger partial charge in [-0.15, -0.1) is 0 Å². The normalized spacial score (nSPS) is 14.3. The second-order valence-electron chi connectivity index (χ2n) is 24.9. The van der Waals surface area contributed by atoms with E-state index in [0.717, 1.165) is 122 Å². The number of aromatic nitrogens is 4. The van der Waals surface area contributed by atoms with Crippen LogP contribution in [0.1, 0.15) is 35.6 Å². The summed E-state index contributed by atoms with van der Waals surface area (Å²) in [6.07, 6.45) is 0.301. The molecular weight excluding hydrogens is 1210 g/mol. The number of benzene rings is 12. The van der Waals surface area contributed by atoms with Gasteiger partial charge in [0.1, 0.15) is 24.3 Å². The van der Waals surface area contributed by atoms with Gasteiger partial charge in [-0.25, -0.2) is 20.0 Å². The summed E-state index contributed by atoms with van der Waals surface area (Å²) in [7, 11) is 0. The monoisotopic (exact) mass is 1260 g/mol. The van der Waals surface area contributed by atoms with E-state index in [4.69, 9.17) is 20.0 Å². The zero-order valence-electron chi connectivity index (χ0n) is 53.2. The Morgan fingerprint density at radius 3 is 0.778 bits per heavy atom. The van der Waals surface area contributed by atoms with Gasteiger partial charge in [-0.05, 0) is 143 Å². The van der Waals surface area contributed by atoms with Crippen molar-refractivity contribution in [2.24, 2.45) is 25.9 Å². The average Bonchev–Trinajstić information content (AvgIpc) is 1.61. The third-order valence-corrected chi connectivity index (χ3v) is 19.6. The first-order valence-corrected chi connectivity index (χ1v) is 32.7. The summed E-state index contributed by atoms with van der Waals surface area (Å²) in [5, 5.41) is 50.7. The fourth-order valence-electron chi connectivity index (χ4n) is 15.0. The average molecular weight is 1270 g/mol. The topological polar surface area (TPSA) is 164 Å². The smallest absolute Gasteiger partial charge is 0.177 e. The summed E-state index contributed by atoms with van der Waals surface area (Å²) in [5.41, 5.74) is 20.5. The number of hydrogen-bond acceptors (Lipinski definition) is 8. The molecule has 4 aromatic heterocycles. The highest BCUT2D eigenvalue weighted by Gasteiger charge is 2.28. The first kappa shape index (κ1) is 57.6. The van der Waals surface area contributed by atoms with Gasteiger partial charge in [0.15, 0.2) is 22.8 Å². The van der Waals surface area contributed by atoms with Gasteiger partial charge in [0.05, 0.1) is 67.0 Å². The third kappa shape index (κ3) is 9.32. The first-order valence-electron chi connectivity index (χ1n) is 32.7. The summed E-state index contributed by atoms with van der Waals surface area (Å²) in [6.45, 7) is 2.04. The molecule has 18 rings (SSSR count). The van der Waals surface area contributed by atoms with Crippen LogP contribution in [0, 0.1) is 51.2 Å². The summed E-state index contributed by atoms with van der Waals surface area (Å²) in [5.74, 6) is -0.382. The SMILES string of the molecule is CC1C(c2ccc(-n3c4ccccc4c4ccccc43)cc2)=NC(C#N)=C(C#N)N=C1c1ccc(-n2c3ccccc3c3cc(-c4ccc5c(c4)c4ccccc4n5-c4ccc(C5=NC(C#N)=C(C#N)N=C(c6ccc(-n7c8ccccc8c8ccccc87)cc6)C5)cc4)ccc32)cc1. The van der Waals surface area contributed by atoms with Crippen molar-refractivity contribution in [1.82, 2.24) is 18.3 Å². The van der Waals surface area contributed by atoms with E-state index in [-0.39, 0.29) is 28.7 Å². The molecule has 2 aliphatic heterocycles. The minimum Gasteiger partial charge on any atom is -0.309 e. The molecule has 0 spiro atoms. The molecule has 0 bridgehead atoms. The van der Waals surface area contributed by atoms with E-state index in [1.165, 1.54) is 21.5 Å². The fourth-order valence-corrected chi connectivity index (χ4v) is 15.0. The molecule has 1 unspecified atom stereocenters. The highest BCUT2D eigenvalue weighted by atomic mass is 15.0. The minimum absolute atomic E-state index is 0.0182. The van der Waals surface area contributed by atoms with Gasteiger partial charge in [-0.1, -0.05) is 177 Å². The van der Waals surface area contributed by atoms with Crippen LogP contribution in [0.2, 0.25) is 0 Å². The van der Waals surface area contributed by atoms with E-state index < -0.39 is 0 Å². The van der Waals surface area contributed by atoms with Crippen molar-refractivity contribution in [3.8, 4) is 58.2 Å². The molecule has 2 aliphatic rings. The number of nitriles is 4. The Bertz CT molecular complexity index is 6420. The number of allylic oxidation sites excluding steroid dienone is 4. The largest absolute Gasteiger partial charge is 0.309 e. The summed E-state index contributed by atoms with van der Waals surface area (Å²) in [4.78, 5) is 19.4. The minimum atomic E-state index is -0.382. The number of aliphatic imine (C=N–C) groups is 4. The molecule has 16 aromatic rings. The Labute approximate surface area is 567 Å². The summed E-state index contributed by atoms with van der Waals surface area (Å²) >= 11 is 0. The van der Waals surface area contributed by atoms with Crippen molar-refractivity contribution in [2.45, 2.75) is 13.3 Å². The molecule has 6 heterocycles. The number of hydrogen-bond donors (Lipinski definition) is 0. The second-order valence-corrected chi connectivity index (χ2v) is 24.9.